The number of hydrogen-bond donors (Lipinski definition) is 2. The highest BCUT2D eigenvalue weighted by molar-refractivity contribution is 5.78. The Morgan fingerprint density at radius 3 is 2.84 bits per heavy atom. The number of aryl methyl sites for hydroxylation is 1. The number of rotatable bonds is 5. The van der Waals surface area contributed by atoms with Gasteiger partial charge in [0, 0.05) is 74.6 Å². The van der Waals surface area contributed by atoms with Crippen molar-refractivity contribution in [3.05, 3.63) is 60.7 Å². The minimum atomic E-state index is 0.408. The summed E-state index contributed by atoms with van der Waals surface area (Å²) in [4.78, 5) is 7.20. The fraction of sp³-hybridized carbons (Fsp3) is 0.333. The highest BCUT2D eigenvalue weighted by Crippen LogP contribution is 2.31. The van der Waals surface area contributed by atoms with E-state index in [0.29, 0.717) is 5.92 Å². The van der Waals surface area contributed by atoms with Gasteiger partial charge in [-0.1, -0.05) is 6.07 Å². The molecule has 0 bridgehead atoms. The summed E-state index contributed by atoms with van der Waals surface area (Å²) in [7, 11) is 6.14. The molecule has 1 unspecified atom stereocenters. The largest absolute Gasteiger partial charge is 0.378 e. The van der Waals surface area contributed by atoms with Crippen molar-refractivity contribution in [2.45, 2.75) is 18.8 Å². The molecule has 0 amide bonds. The van der Waals surface area contributed by atoms with Crippen molar-refractivity contribution in [3.63, 3.8) is 0 Å². The van der Waals surface area contributed by atoms with Gasteiger partial charge in [0.15, 0.2) is 5.65 Å². The van der Waals surface area contributed by atoms with Crippen LogP contribution in [0.25, 0.3) is 16.8 Å². The lowest BCUT2D eigenvalue weighted by atomic mass is 9.96. The third-order valence-electron chi connectivity index (χ3n) is 5.98. The fourth-order valence-electron chi connectivity index (χ4n) is 4.26. The number of nitrogens with zero attached hydrogens (tertiary/aromatic N) is 5. The third kappa shape index (κ3) is 3.88. The summed E-state index contributed by atoms with van der Waals surface area (Å²) in [5.74, 6) is 1.34. The van der Waals surface area contributed by atoms with Crippen LogP contribution in [0.15, 0.2) is 55.0 Å². The Bertz CT molecular complexity index is 1200. The molecule has 1 aliphatic rings. The summed E-state index contributed by atoms with van der Waals surface area (Å²) in [5.41, 5.74) is 6.37. The van der Waals surface area contributed by atoms with Crippen molar-refractivity contribution in [1.82, 2.24) is 24.5 Å². The number of anilines is 3. The van der Waals surface area contributed by atoms with Gasteiger partial charge in [-0.15, -0.1) is 0 Å². The van der Waals surface area contributed by atoms with Crippen LogP contribution < -0.4 is 15.5 Å². The van der Waals surface area contributed by atoms with Crippen LogP contribution in [0.4, 0.5) is 17.2 Å². The van der Waals surface area contributed by atoms with Gasteiger partial charge in [-0.2, -0.15) is 9.61 Å². The van der Waals surface area contributed by atoms with Gasteiger partial charge in [0.1, 0.15) is 5.82 Å². The Kier molecular flexibility index (Phi) is 5.11. The van der Waals surface area contributed by atoms with Gasteiger partial charge in [0.05, 0.1) is 11.9 Å². The molecule has 1 atom stereocenters. The summed E-state index contributed by atoms with van der Waals surface area (Å²) in [6.07, 6.45) is 8.42. The molecule has 1 saturated heterocycles. The molecule has 3 aromatic heterocycles. The number of piperidine rings is 1. The van der Waals surface area contributed by atoms with E-state index in [1.807, 2.05) is 17.8 Å². The molecule has 2 N–H and O–H groups in total. The first-order valence-corrected chi connectivity index (χ1v) is 10.8. The topological polar surface area (TPSA) is 62.4 Å². The van der Waals surface area contributed by atoms with Crippen LogP contribution in [0.1, 0.15) is 24.5 Å². The predicted octanol–water partition coefficient (Wildman–Crippen LogP) is 4.01. The molecule has 7 nitrogen and oxygen atoms in total. The molecule has 0 saturated carbocycles. The maximum absolute atomic E-state index is 5.10. The van der Waals surface area contributed by atoms with Crippen molar-refractivity contribution in [2.75, 3.05) is 37.4 Å². The Balaban J connectivity index is 1.62. The van der Waals surface area contributed by atoms with Crippen LogP contribution in [-0.2, 0) is 7.05 Å². The van der Waals surface area contributed by atoms with Gasteiger partial charge in [0.2, 0.25) is 0 Å². The van der Waals surface area contributed by atoms with Crippen molar-refractivity contribution in [1.29, 1.82) is 0 Å². The predicted molar refractivity (Wildman–Crippen MR) is 126 cm³/mol. The fourth-order valence-corrected chi connectivity index (χ4v) is 4.26. The lowest BCUT2D eigenvalue weighted by Crippen LogP contribution is -2.29. The van der Waals surface area contributed by atoms with E-state index in [-0.39, 0.29) is 0 Å². The summed E-state index contributed by atoms with van der Waals surface area (Å²) < 4.78 is 3.98. The molecule has 5 rings (SSSR count). The molecule has 0 aliphatic carbocycles. The molecule has 1 aromatic carbocycles. The van der Waals surface area contributed by atoms with E-state index in [2.05, 4.69) is 83.0 Å². The van der Waals surface area contributed by atoms with Crippen LogP contribution in [0.2, 0.25) is 0 Å². The van der Waals surface area contributed by atoms with Gasteiger partial charge in [-0.25, -0.2) is 4.98 Å². The highest BCUT2D eigenvalue weighted by Gasteiger charge is 2.21. The summed E-state index contributed by atoms with van der Waals surface area (Å²) in [6.45, 7) is 2.05. The number of aromatic nitrogens is 4. The molecule has 31 heavy (non-hydrogen) atoms. The Morgan fingerprint density at radius 1 is 1.19 bits per heavy atom. The van der Waals surface area contributed by atoms with E-state index in [1.165, 1.54) is 6.42 Å². The van der Waals surface area contributed by atoms with Gasteiger partial charge in [-0.05, 0) is 43.7 Å². The molecular weight excluding hydrogens is 386 g/mol. The second-order valence-corrected chi connectivity index (χ2v) is 8.54. The van der Waals surface area contributed by atoms with Crippen molar-refractivity contribution < 1.29 is 0 Å². The van der Waals surface area contributed by atoms with Crippen LogP contribution in [0.5, 0.6) is 0 Å². The SMILES string of the molecule is CN(C)c1cccc(Nc2cc(C3CCCNC3)nc3c(-c4ccn(C)c4)cnn23)c1. The summed E-state index contributed by atoms with van der Waals surface area (Å²) in [5, 5.41) is 11.8. The lowest BCUT2D eigenvalue weighted by molar-refractivity contribution is 0.455. The van der Waals surface area contributed by atoms with Gasteiger partial charge < -0.3 is 20.1 Å². The Hall–Kier alpha value is -3.32. The van der Waals surface area contributed by atoms with Crippen molar-refractivity contribution >= 4 is 22.8 Å². The number of hydrogen-bond acceptors (Lipinski definition) is 5. The number of fused-ring (bicyclic) bond motifs is 1. The molecule has 7 heteroatoms. The minimum Gasteiger partial charge on any atom is -0.378 e. The molecule has 160 valence electrons. The molecular formula is C24H29N7. The standard InChI is InChI=1S/C24H29N7/c1-29(2)20-8-4-7-19(12-20)27-23-13-22(17-6-5-10-25-14-17)28-24-21(15-26-31(23)24)18-9-11-30(3)16-18/h4,7-9,11-13,15-17,25,27H,5-6,10,14H2,1-3H3. The summed E-state index contributed by atoms with van der Waals surface area (Å²) in [6, 6.07) is 12.7. The zero-order chi connectivity index (χ0) is 21.4. The Morgan fingerprint density at radius 2 is 2.10 bits per heavy atom. The van der Waals surface area contributed by atoms with Crippen LogP contribution in [0, 0.1) is 0 Å². The van der Waals surface area contributed by atoms with Gasteiger partial charge >= 0.3 is 0 Å². The molecule has 1 fully saturated rings. The van der Waals surface area contributed by atoms with E-state index in [4.69, 9.17) is 10.1 Å². The first-order chi connectivity index (χ1) is 15.1. The first-order valence-electron chi connectivity index (χ1n) is 10.8. The average molecular weight is 416 g/mol. The van der Waals surface area contributed by atoms with Gasteiger partial charge in [0.25, 0.3) is 0 Å². The van der Waals surface area contributed by atoms with E-state index in [1.54, 1.807) is 0 Å². The van der Waals surface area contributed by atoms with Gasteiger partial charge in [-0.3, -0.25) is 0 Å². The Labute approximate surface area is 182 Å². The van der Waals surface area contributed by atoms with E-state index in [0.717, 1.165) is 59.2 Å². The average Bonchev–Trinajstić information content (AvgIpc) is 3.40. The van der Waals surface area contributed by atoms with Crippen LogP contribution in [0.3, 0.4) is 0 Å². The zero-order valence-electron chi connectivity index (χ0n) is 18.3. The van der Waals surface area contributed by atoms with E-state index in [9.17, 15) is 0 Å². The minimum absolute atomic E-state index is 0.408. The maximum atomic E-state index is 5.10. The van der Waals surface area contributed by atoms with E-state index < -0.39 is 0 Å². The maximum Gasteiger partial charge on any atom is 0.165 e. The smallest absolute Gasteiger partial charge is 0.165 e. The molecule has 0 radical (unpaired) electrons. The lowest BCUT2D eigenvalue weighted by Gasteiger charge is -2.23. The van der Waals surface area contributed by atoms with Crippen LogP contribution in [-0.4, -0.2) is 46.4 Å². The molecule has 4 heterocycles. The number of nitrogens with one attached hydrogen (secondary N) is 2. The number of benzene rings is 1. The quantitative estimate of drug-likeness (QED) is 0.516. The molecule has 1 aliphatic heterocycles. The third-order valence-corrected chi connectivity index (χ3v) is 5.98. The zero-order valence-corrected chi connectivity index (χ0v) is 18.3. The van der Waals surface area contributed by atoms with E-state index >= 15 is 0 Å². The normalized spacial score (nSPS) is 16.5. The second kappa shape index (κ2) is 8.07. The molecule has 4 aromatic rings. The first kappa shape index (κ1) is 19.6. The second-order valence-electron chi connectivity index (χ2n) is 8.54. The van der Waals surface area contributed by atoms with Crippen molar-refractivity contribution in [2.24, 2.45) is 7.05 Å². The van der Waals surface area contributed by atoms with Crippen LogP contribution >= 0.6 is 0 Å². The monoisotopic (exact) mass is 415 g/mol. The van der Waals surface area contributed by atoms with Crippen molar-refractivity contribution in [3.8, 4) is 11.1 Å². The highest BCUT2D eigenvalue weighted by atomic mass is 15.3. The molecule has 0 spiro atoms. The summed E-state index contributed by atoms with van der Waals surface area (Å²) >= 11 is 0.